The van der Waals surface area contributed by atoms with Crippen LogP contribution in [0.4, 0.5) is 0 Å². The van der Waals surface area contributed by atoms with Gasteiger partial charge in [-0.05, 0) is 32.1 Å². The average molecular weight is 476 g/mol. The van der Waals surface area contributed by atoms with Gasteiger partial charge in [-0.1, -0.05) is 30.3 Å². The summed E-state index contributed by atoms with van der Waals surface area (Å²) in [4.78, 5) is 18.6. The standard InChI is InChI=1S/C27H29N3O5/c1-3-16(14-21(28-2)35-17-8-9-17)24(30-12-10-29-11-13-30)23-22-20(27(32)33)15-34-26(22)19-7-5-4-6-18(19)25(23)31/h3-7,14-15,17,24,29,31H,2,8-13H2,1H3,(H,32,33)/b16-3+,21-14+. The monoisotopic (exact) mass is 475 g/mol. The van der Waals surface area contributed by atoms with Crippen molar-refractivity contribution in [2.45, 2.75) is 31.9 Å². The fraction of sp³-hybridized carbons (Fsp3) is 0.333. The predicted molar refractivity (Wildman–Crippen MR) is 135 cm³/mol. The van der Waals surface area contributed by atoms with E-state index < -0.39 is 12.0 Å². The quantitative estimate of drug-likeness (QED) is 0.248. The van der Waals surface area contributed by atoms with Gasteiger partial charge in [-0.25, -0.2) is 9.79 Å². The number of rotatable bonds is 8. The third-order valence-electron chi connectivity index (χ3n) is 6.67. The molecule has 1 unspecified atom stereocenters. The first-order chi connectivity index (χ1) is 17.0. The SMILES string of the molecule is C=N/C(=C\C(=C/C)C(c1c(O)c2ccccc2c2occ(C(=O)O)c12)N1CCNCC1)OC1CC1. The molecule has 0 radical (unpaired) electrons. The Balaban J connectivity index is 1.79. The molecule has 1 aliphatic heterocycles. The highest BCUT2D eigenvalue weighted by Crippen LogP contribution is 2.47. The molecule has 35 heavy (non-hydrogen) atoms. The number of fused-ring (bicyclic) bond motifs is 3. The Bertz CT molecular complexity index is 1350. The molecular formula is C27H29N3O5. The maximum absolute atomic E-state index is 12.2. The minimum absolute atomic E-state index is 0.0203. The summed E-state index contributed by atoms with van der Waals surface area (Å²) in [6.07, 6.45) is 7.18. The number of furan rings is 1. The van der Waals surface area contributed by atoms with Gasteiger partial charge in [-0.15, -0.1) is 0 Å². The second-order valence-electron chi connectivity index (χ2n) is 8.90. The summed E-state index contributed by atoms with van der Waals surface area (Å²) in [7, 11) is 0. The summed E-state index contributed by atoms with van der Waals surface area (Å²) in [6.45, 7) is 8.57. The number of allylic oxidation sites excluding steroid dienone is 1. The lowest BCUT2D eigenvalue weighted by Gasteiger charge is -2.37. The van der Waals surface area contributed by atoms with Crippen molar-refractivity contribution in [2.75, 3.05) is 26.2 Å². The van der Waals surface area contributed by atoms with Crippen LogP contribution in [-0.4, -0.2) is 60.1 Å². The molecule has 8 nitrogen and oxygen atoms in total. The number of nitrogens with one attached hydrogen (secondary N) is 1. The molecule has 1 saturated carbocycles. The maximum atomic E-state index is 12.2. The molecule has 8 heteroatoms. The zero-order valence-corrected chi connectivity index (χ0v) is 19.7. The lowest BCUT2D eigenvalue weighted by Crippen LogP contribution is -2.45. The summed E-state index contributed by atoms with van der Waals surface area (Å²) in [6, 6.07) is 6.89. The number of piperazine rings is 1. The number of aromatic carboxylic acids is 1. The first-order valence-electron chi connectivity index (χ1n) is 11.9. The number of ether oxygens (including phenoxy) is 1. The van der Waals surface area contributed by atoms with Gasteiger partial charge < -0.3 is 24.7 Å². The Morgan fingerprint density at radius 2 is 2.00 bits per heavy atom. The van der Waals surface area contributed by atoms with Crippen molar-refractivity contribution in [3.05, 3.63) is 65.3 Å². The molecule has 0 amide bonds. The Hall–Kier alpha value is -3.62. The number of phenolic OH excluding ortho intramolecular Hbond substituents is 1. The van der Waals surface area contributed by atoms with E-state index >= 15 is 0 Å². The van der Waals surface area contributed by atoms with Gasteiger partial charge in [0.1, 0.15) is 29.3 Å². The van der Waals surface area contributed by atoms with E-state index in [1.54, 1.807) is 0 Å². The van der Waals surface area contributed by atoms with Gasteiger partial charge in [-0.2, -0.15) is 0 Å². The highest BCUT2D eigenvalue weighted by molar-refractivity contribution is 6.15. The summed E-state index contributed by atoms with van der Waals surface area (Å²) < 4.78 is 11.8. The summed E-state index contributed by atoms with van der Waals surface area (Å²) in [5, 5.41) is 26.7. The third kappa shape index (κ3) is 4.31. The number of carbonyl (C=O) groups is 1. The largest absolute Gasteiger partial charge is 0.507 e. The number of carboxylic acid groups (broad SMARTS) is 1. The lowest BCUT2D eigenvalue weighted by molar-refractivity contribution is 0.0697. The maximum Gasteiger partial charge on any atom is 0.339 e. The Kier molecular flexibility index (Phi) is 6.32. The van der Waals surface area contributed by atoms with Crippen LogP contribution in [0.3, 0.4) is 0 Å². The van der Waals surface area contributed by atoms with Crippen molar-refractivity contribution < 1.29 is 24.2 Å². The molecule has 2 heterocycles. The highest BCUT2D eigenvalue weighted by Gasteiger charge is 2.33. The van der Waals surface area contributed by atoms with Crippen LogP contribution in [0.25, 0.3) is 21.7 Å². The van der Waals surface area contributed by atoms with E-state index in [-0.39, 0.29) is 17.4 Å². The van der Waals surface area contributed by atoms with E-state index in [0.717, 1.165) is 31.5 Å². The van der Waals surface area contributed by atoms with Gasteiger partial charge >= 0.3 is 5.97 Å². The molecule has 182 valence electrons. The minimum Gasteiger partial charge on any atom is -0.507 e. The van der Waals surface area contributed by atoms with Crippen molar-refractivity contribution in [1.29, 1.82) is 0 Å². The summed E-state index contributed by atoms with van der Waals surface area (Å²) in [5.41, 5.74) is 1.80. The van der Waals surface area contributed by atoms with E-state index in [0.29, 0.717) is 46.3 Å². The zero-order valence-electron chi connectivity index (χ0n) is 19.7. The van der Waals surface area contributed by atoms with Crippen LogP contribution in [-0.2, 0) is 4.74 Å². The third-order valence-corrected chi connectivity index (χ3v) is 6.67. The van der Waals surface area contributed by atoms with Crippen molar-refractivity contribution in [3.63, 3.8) is 0 Å². The van der Waals surface area contributed by atoms with Crippen molar-refractivity contribution in [2.24, 2.45) is 4.99 Å². The van der Waals surface area contributed by atoms with E-state index in [1.165, 1.54) is 6.26 Å². The fourth-order valence-electron chi connectivity index (χ4n) is 4.83. The summed E-state index contributed by atoms with van der Waals surface area (Å²) in [5.74, 6) is -0.644. The topological polar surface area (TPSA) is 108 Å². The summed E-state index contributed by atoms with van der Waals surface area (Å²) >= 11 is 0. The number of aromatic hydroxyl groups is 1. The molecule has 0 spiro atoms. The molecule has 1 atom stereocenters. The molecule has 2 aliphatic rings. The van der Waals surface area contributed by atoms with Gasteiger partial charge in [0.05, 0.1) is 6.04 Å². The van der Waals surface area contributed by atoms with Crippen LogP contribution in [0.15, 0.2) is 63.5 Å². The van der Waals surface area contributed by atoms with Crippen LogP contribution in [0.5, 0.6) is 5.75 Å². The number of hydrogen-bond donors (Lipinski definition) is 3. The average Bonchev–Trinajstić information content (AvgIpc) is 3.59. The molecule has 1 saturated heterocycles. The number of phenols is 1. The molecule has 2 aromatic carbocycles. The molecular weight excluding hydrogens is 446 g/mol. The van der Waals surface area contributed by atoms with Crippen LogP contribution in [0.2, 0.25) is 0 Å². The minimum atomic E-state index is -1.11. The Morgan fingerprint density at radius 3 is 2.63 bits per heavy atom. The van der Waals surface area contributed by atoms with Crippen molar-refractivity contribution in [1.82, 2.24) is 10.2 Å². The van der Waals surface area contributed by atoms with Crippen LogP contribution in [0.1, 0.15) is 41.7 Å². The smallest absolute Gasteiger partial charge is 0.339 e. The van der Waals surface area contributed by atoms with E-state index in [9.17, 15) is 15.0 Å². The van der Waals surface area contributed by atoms with Crippen molar-refractivity contribution in [3.8, 4) is 5.75 Å². The van der Waals surface area contributed by atoms with Crippen molar-refractivity contribution >= 4 is 34.4 Å². The second kappa shape index (κ2) is 9.56. The van der Waals surface area contributed by atoms with Gasteiger partial charge in [0.2, 0.25) is 5.88 Å². The molecule has 3 aromatic rings. The van der Waals surface area contributed by atoms with Crippen LogP contribution >= 0.6 is 0 Å². The molecule has 5 rings (SSSR count). The fourth-order valence-corrected chi connectivity index (χ4v) is 4.83. The number of aliphatic imine (C=N–C) groups is 1. The Labute approximate surface area is 203 Å². The van der Waals surface area contributed by atoms with E-state index in [1.807, 2.05) is 43.3 Å². The van der Waals surface area contributed by atoms with Gasteiger partial charge in [-0.3, -0.25) is 4.90 Å². The molecule has 0 bridgehead atoms. The lowest BCUT2D eigenvalue weighted by atomic mass is 9.88. The molecule has 3 N–H and O–H groups in total. The van der Waals surface area contributed by atoms with Gasteiger partial charge in [0.25, 0.3) is 0 Å². The highest BCUT2D eigenvalue weighted by atomic mass is 16.5. The van der Waals surface area contributed by atoms with Crippen LogP contribution < -0.4 is 5.32 Å². The van der Waals surface area contributed by atoms with E-state index in [2.05, 4.69) is 21.9 Å². The zero-order chi connectivity index (χ0) is 24.5. The Morgan fingerprint density at radius 1 is 1.29 bits per heavy atom. The van der Waals surface area contributed by atoms with Gasteiger partial charge in [0.15, 0.2) is 0 Å². The predicted octanol–water partition coefficient (Wildman–Crippen LogP) is 4.60. The van der Waals surface area contributed by atoms with Crippen LogP contribution in [0, 0.1) is 0 Å². The molecule has 2 fully saturated rings. The molecule has 1 aliphatic carbocycles. The second-order valence-corrected chi connectivity index (χ2v) is 8.90. The van der Waals surface area contributed by atoms with Gasteiger partial charge in [0, 0.05) is 54.0 Å². The number of benzene rings is 2. The first kappa shape index (κ1) is 23.1. The number of nitrogens with zero attached hydrogens (tertiary/aromatic N) is 2. The molecule has 1 aromatic heterocycles. The van der Waals surface area contributed by atoms with E-state index in [4.69, 9.17) is 9.15 Å². The first-order valence-corrected chi connectivity index (χ1v) is 11.9. The normalized spacial score (nSPS) is 18.7. The number of hydrogen-bond acceptors (Lipinski definition) is 7. The number of carboxylic acids is 1.